The Morgan fingerprint density at radius 3 is 2.25 bits per heavy atom. The number of nitrogen functional groups attached to an aromatic ring is 1. The average Bonchev–Trinajstić information content (AvgIpc) is 2.35. The van der Waals surface area contributed by atoms with Gasteiger partial charge in [0, 0.05) is 21.5 Å². The summed E-state index contributed by atoms with van der Waals surface area (Å²) in [4.78, 5) is 0. The molecule has 2 aromatic rings. The van der Waals surface area contributed by atoms with Crippen LogP contribution in [-0.4, -0.2) is 0 Å². The zero-order chi connectivity index (χ0) is 14.9. The zero-order valence-corrected chi connectivity index (χ0v) is 12.3. The molecule has 0 fully saturated rings. The minimum Gasteiger partial charge on any atom is -0.398 e. The number of benzene rings is 2. The SMILES string of the molecule is Nc1ccc(Nc2ccc(Cl)c(Br)c2)cc1C(F)(F)F. The van der Waals surface area contributed by atoms with Crippen molar-refractivity contribution in [1.82, 2.24) is 0 Å². The van der Waals surface area contributed by atoms with E-state index in [0.717, 1.165) is 6.07 Å². The van der Waals surface area contributed by atoms with Crippen molar-refractivity contribution in [3.63, 3.8) is 0 Å². The summed E-state index contributed by atoms with van der Waals surface area (Å²) in [7, 11) is 0. The van der Waals surface area contributed by atoms with Gasteiger partial charge < -0.3 is 11.1 Å². The minimum absolute atomic E-state index is 0.292. The Morgan fingerprint density at radius 1 is 1.05 bits per heavy atom. The lowest BCUT2D eigenvalue weighted by Crippen LogP contribution is -2.09. The van der Waals surface area contributed by atoms with E-state index in [-0.39, 0.29) is 5.69 Å². The van der Waals surface area contributed by atoms with Crippen molar-refractivity contribution >= 4 is 44.6 Å². The van der Waals surface area contributed by atoms with Crippen LogP contribution in [0, 0.1) is 0 Å². The Kier molecular flexibility index (Phi) is 4.15. The smallest absolute Gasteiger partial charge is 0.398 e. The van der Waals surface area contributed by atoms with Crippen LogP contribution in [0.5, 0.6) is 0 Å². The fourth-order valence-electron chi connectivity index (χ4n) is 1.62. The molecule has 0 aliphatic rings. The molecule has 0 bridgehead atoms. The molecule has 0 radical (unpaired) electrons. The molecule has 2 nitrogen and oxygen atoms in total. The number of halogens is 5. The molecule has 0 unspecified atom stereocenters. The number of rotatable bonds is 2. The summed E-state index contributed by atoms with van der Waals surface area (Å²) in [5.41, 5.74) is 5.07. The van der Waals surface area contributed by atoms with Crippen LogP contribution in [0.2, 0.25) is 5.02 Å². The third-order valence-corrected chi connectivity index (χ3v) is 3.78. The highest BCUT2D eigenvalue weighted by Crippen LogP contribution is 2.36. The monoisotopic (exact) mass is 364 g/mol. The lowest BCUT2D eigenvalue weighted by molar-refractivity contribution is -0.136. The maximum atomic E-state index is 12.8. The molecule has 0 spiro atoms. The summed E-state index contributed by atoms with van der Waals surface area (Å²) in [6.07, 6.45) is -4.48. The lowest BCUT2D eigenvalue weighted by Gasteiger charge is -2.13. The molecule has 0 aliphatic heterocycles. The van der Waals surface area contributed by atoms with E-state index in [1.807, 2.05) is 0 Å². The van der Waals surface area contributed by atoms with E-state index in [2.05, 4.69) is 21.2 Å². The number of hydrogen-bond donors (Lipinski definition) is 2. The van der Waals surface area contributed by atoms with Crippen LogP contribution in [0.4, 0.5) is 30.2 Å². The van der Waals surface area contributed by atoms with Crippen molar-refractivity contribution in [3.05, 3.63) is 51.5 Å². The predicted molar refractivity (Wildman–Crippen MR) is 78.3 cm³/mol. The van der Waals surface area contributed by atoms with Gasteiger partial charge in [0.15, 0.2) is 0 Å². The molecular formula is C13H9BrClF3N2. The maximum Gasteiger partial charge on any atom is 0.418 e. The van der Waals surface area contributed by atoms with E-state index in [9.17, 15) is 13.2 Å². The first-order valence-electron chi connectivity index (χ1n) is 5.46. The Hall–Kier alpha value is -1.40. The molecule has 2 rings (SSSR count). The summed E-state index contributed by atoms with van der Waals surface area (Å²) < 4.78 is 38.9. The topological polar surface area (TPSA) is 38.0 Å². The van der Waals surface area contributed by atoms with Crippen LogP contribution in [0.25, 0.3) is 0 Å². The third kappa shape index (κ3) is 3.37. The van der Waals surface area contributed by atoms with Gasteiger partial charge in [0.2, 0.25) is 0 Å². The molecule has 0 aliphatic carbocycles. The summed E-state index contributed by atoms with van der Waals surface area (Å²) in [5.74, 6) is 0. The molecule has 2 aromatic carbocycles. The van der Waals surface area contributed by atoms with Crippen molar-refractivity contribution in [2.45, 2.75) is 6.18 Å². The highest BCUT2D eigenvalue weighted by atomic mass is 79.9. The molecule has 0 atom stereocenters. The highest BCUT2D eigenvalue weighted by Gasteiger charge is 2.33. The van der Waals surface area contributed by atoms with E-state index in [1.165, 1.54) is 12.1 Å². The largest absolute Gasteiger partial charge is 0.418 e. The van der Waals surface area contributed by atoms with Crippen LogP contribution in [-0.2, 0) is 6.18 Å². The second kappa shape index (κ2) is 5.54. The van der Waals surface area contributed by atoms with Gasteiger partial charge in [-0.25, -0.2) is 0 Å². The van der Waals surface area contributed by atoms with Crippen LogP contribution < -0.4 is 11.1 Å². The predicted octanol–water partition coefficient (Wildman–Crippen LogP) is 5.45. The molecular weight excluding hydrogens is 357 g/mol. The van der Waals surface area contributed by atoms with Crippen LogP contribution in [0.1, 0.15) is 5.56 Å². The van der Waals surface area contributed by atoms with E-state index in [0.29, 0.717) is 20.9 Å². The van der Waals surface area contributed by atoms with Gasteiger partial charge in [0.25, 0.3) is 0 Å². The van der Waals surface area contributed by atoms with Crippen molar-refractivity contribution in [3.8, 4) is 0 Å². The van der Waals surface area contributed by atoms with Crippen LogP contribution in [0.15, 0.2) is 40.9 Å². The third-order valence-electron chi connectivity index (χ3n) is 2.57. The normalized spacial score (nSPS) is 11.4. The number of anilines is 3. The summed E-state index contributed by atoms with van der Waals surface area (Å²) >= 11 is 9.09. The quantitative estimate of drug-likeness (QED) is 0.695. The van der Waals surface area contributed by atoms with Gasteiger partial charge in [-0.3, -0.25) is 0 Å². The number of alkyl halides is 3. The van der Waals surface area contributed by atoms with E-state index in [4.69, 9.17) is 17.3 Å². The molecule has 0 heterocycles. The van der Waals surface area contributed by atoms with Gasteiger partial charge >= 0.3 is 6.18 Å². The molecule has 106 valence electrons. The van der Waals surface area contributed by atoms with Crippen molar-refractivity contribution in [2.75, 3.05) is 11.1 Å². The van der Waals surface area contributed by atoms with Gasteiger partial charge in [0.05, 0.1) is 10.6 Å². The van der Waals surface area contributed by atoms with Gasteiger partial charge in [0.1, 0.15) is 0 Å². The van der Waals surface area contributed by atoms with Gasteiger partial charge in [-0.15, -0.1) is 0 Å². The summed E-state index contributed by atoms with van der Waals surface area (Å²) in [6.45, 7) is 0. The van der Waals surface area contributed by atoms with Crippen molar-refractivity contribution in [2.24, 2.45) is 0 Å². The first-order chi connectivity index (χ1) is 9.27. The van der Waals surface area contributed by atoms with E-state index < -0.39 is 11.7 Å². The molecule has 0 saturated carbocycles. The minimum atomic E-state index is -4.48. The number of nitrogens with one attached hydrogen (secondary N) is 1. The summed E-state index contributed by atoms with van der Waals surface area (Å²) in [5, 5.41) is 3.38. The molecule has 7 heteroatoms. The molecule has 3 N–H and O–H groups in total. The Labute approximate surface area is 126 Å². The van der Waals surface area contributed by atoms with Gasteiger partial charge in [-0.2, -0.15) is 13.2 Å². The van der Waals surface area contributed by atoms with Crippen molar-refractivity contribution in [1.29, 1.82) is 0 Å². The van der Waals surface area contributed by atoms with E-state index >= 15 is 0 Å². The lowest BCUT2D eigenvalue weighted by atomic mass is 10.1. The van der Waals surface area contributed by atoms with Crippen molar-refractivity contribution < 1.29 is 13.2 Å². The fraction of sp³-hybridized carbons (Fsp3) is 0.0769. The number of nitrogens with two attached hydrogens (primary N) is 1. The van der Waals surface area contributed by atoms with Crippen LogP contribution in [0.3, 0.4) is 0 Å². The first kappa shape index (κ1) is 15.0. The summed E-state index contributed by atoms with van der Waals surface area (Å²) in [6, 6.07) is 8.64. The van der Waals surface area contributed by atoms with E-state index in [1.54, 1.807) is 18.2 Å². The Morgan fingerprint density at radius 2 is 1.65 bits per heavy atom. The fourth-order valence-corrected chi connectivity index (χ4v) is 2.12. The molecule has 0 aromatic heterocycles. The second-order valence-electron chi connectivity index (χ2n) is 4.05. The maximum absolute atomic E-state index is 12.8. The number of hydrogen-bond acceptors (Lipinski definition) is 2. The first-order valence-corrected chi connectivity index (χ1v) is 6.63. The zero-order valence-electron chi connectivity index (χ0n) is 9.93. The molecule has 0 saturated heterocycles. The Balaban J connectivity index is 2.32. The standard InChI is InChI=1S/C13H9BrClF3N2/c14-10-6-8(1-3-11(10)15)20-7-2-4-12(19)9(5-7)13(16,17)18/h1-6,20H,19H2. The molecule has 0 amide bonds. The molecule has 20 heavy (non-hydrogen) atoms. The Bertz CT molecular complexity index is 644. The van der Waals surface area contributed by atoms with Crippen LogP contribution >= 0.6 is 27.5 Å². The van der Waals surface area contributed by atoms with Gasteiger partial charge in [-0.1, -0.05) is 11.6 Å². The average molecular weight is 366 g/mol. The van der Waals surface area contributed by atoms with Gasteiger partial charge in [-0.05, 0) is 52.3 Å². The highest BCUT2D eigenvalue weighted by molar-refractivity contribution is 9.10. The second-order valence-corrected chi connectivity index (χ2v) is 5.32.